The molecule has 3 unspecified atom stereocenters. The molecule has 3 nitrogen and oxygen atoms in total. The smallest absolute Gasteiger partial charge is 0.220 e. The first-order valence-electron chi connectivity index (χ1n) is 6.86. The lowest BCUT2D eigenvalue weighted by molar-refractivity contribution is -0.122. The summed E-state index contributed by atoms with van der Waals surface area (Å²) in [4.78, 5) is 11.4. The molecule has 1 aliphatic heterocycles. The lowest BCUT2D eigenvalue weighted by Crippen LogP contribution is -2.39. The molecule has 2 aliphatic carbocycles. The van der Waals surface area contributed by atoms with Gasteiger partial charge in [0.1, 0.15) is 0 Å². The fraction of sp³-hybridized carbons (Fsp3) is 0.533. The van der Waals surface area contributed by atoms with E-state index in [1.165, 1.54) is 11.1 Å². The van der Waals surface area contributed by atoms with Crippen LogP contribution in [0, 0.1) is 11.8 Å². The topological polar surface area (TPSA) is 55.1 Å². The molecule has 96 valence electrons. The molecule has 3 aliphatic rings. The molecular weight excluding hydrogens is 224 g/mol. The van der Waals surface area contributed by atoms with E-state index in [1.54, 1.807) is 0 Å². The highest BCUT2D eigenvalue weighted by atomic mass is 16.1. The van der Waals surface area contributed by atoms with Crippen LogP contribution >= 0.6 is 0 Å². The highest BCUT2D eigenvalue weighted by molar-refractivity contribution is 5.77. The minimum Gasteiger partial charge on any atom is -0.369 e. The van der Waals surface area contributed by atoms with E-state index in [-0.39, 0.29) is 11.8 Å². The Balaban J connectivity index is 1.90. The van der Waals surface area contributed by atoms with E-state index in [1.807, 2.05) is 0 Å². The first-order chi connectivity index (χ1) is 8.75. The van der Waals surface area contributed by atoms with E-state index in [4.69, 9.17) is 5.73 Å². The maximum atomic E-state index is 11.4. The Morgan fingerprint density at radius 1 is 1.33 bits per heavy atom. The van der Waals surface area contributed by atoms with Gasteiger partial charge in [0.15, 0.2) is 0 Å². The van der Waals surface area contributed by atoms with Crippen molar-refractivity contribution in [3.63, 3.8) is 0 Å². The summed E-state index contributed by atoms with van der Waals surface area (Å²) in [7, 11) is 0. The van der Waals surface area contributed by atoms with E-state index < -0.39 is 0 Å². The molecule has 18 heavy (non-hydrogen) atoms. The van der Waals surface area contributed by atoms with Crippen molar-refractivity contribution in [2.45, 2.75) is 31.7 Å². The Bertz CT molecular complexity index is 447. The Kier molecular flexibility index (Phi) is 3.08. The van der Waals surface area contributed by atoms with Gasteiger partial charge in [0.2, 0.25) is 5.91 Å². The largest absolute Gasteiger partial charge is 0.369 e. The van der Waals surface area contributed by atoms with Crippen LogP contribution in [0.1, 0.15) is 25.7 Å². The molecule has 1 saturated carbocycles. The van der Waals surface area contributed by atoms with Crippen molar-refractivity contribution in [3.8, 4) is 0 Å². The van der Waals surface area contributed by atoms with Gasteiger partial charge in [-0.15, -0.1) is 0 Å². The van der Waals surface area contributed by atoms with Crippen LogP contribution < -0.4 is 11.1 Å². The van der Waals surface area contributed by atoms with Crippen LogP contribution in [0.5, 0.6) is 0 Å². The van der Waals surface area contributed by atoms with Gasteiger partial charge in [-0.05, 0) is 43.4 Å². The zero-order chi connectivity index (χ0) is 12.5. The van der Waals surface area contributed by atoms with Crippen molar-refractivity contribution in [1.29, 1.82) is 0 Å². The molecule has 1 heterocycles. The second kappa shape index (κ2) is 4.73. The summed E-state index contributed by atoms with van der Waals surface area (Å²) in [6, 6.07) is 0.354. The van der Waals surface area contributed by atoms with Crippen molar-refractivity contribution in [3.05, 3.63) is 35.5 Å². The number of hydrogen-bond acceptors (Lipinski definition) is 2. The van der Waals surface area contributed by atoms with Crippen LogP contribution in [0.15, 0.2) is 35.5 Å². The van der Waals surface area contributed by atoms with Crippen LogP contribution in [0.4, 0.5) is 0 Å². The zero-order valence-corrected chi connectivity index (χ0v) is 10.6. The first kappa shape index (κ1) is 11.7. The van der Waals surface area contributed by atoms with E-state index in [0.29, 0.717) is 12.0 Å². The van der Waals surface area contributed by atoms with Crippen molar-refractivity contribution in [2.75, 3.05) is 6.54 Å². The molecule has 0 aromatic rings. The van der Waals surface area contributed by atoms with Crippen LogP contribution in [0.3, 0.4) is 0 Å². The summed E-state index contributed by atoms with van der Waals surface area (Å²) in [6.07, 6.45) is 12.8. The van der Waals surface area contributed by atoms with E-state index in [0.717, 1.165) is 32.2 Å². The van der Waals surface area contributed by atoms with Gasteiger partial charge in [-0.25, -0.2) is 0 Å². The number of nitrogens with two attached hydrogens (primary N) is 1. The number of rotatable bonds is 1. The van der Waals surface area contributed by atoms with Gasteiger partial charge in [-0.1, -0.05) is 24.3 Å². The summed E-state index contributed by atoms with van der Waals surface area (Å²) < 4.78 is 0. The normalized spacial score (nSPS) is 34.8. The van der Waals surface area contributed by atoms with E-state index in [2.05, 4.69) is 29.6 Å². The number of allylic oxidation sites excluding steroid dienone is 5. The Labute approximate surface area is 108 Å². The second-order valence-corrected chi connectivity index (χ2v) is 5.50. The summed E-state index contributed by atoms with van der Waals surface area (Å²) in [5, 5.41) is 3.59. The first-order valence-corrected chi connectivity index (χ1v) is 6.86. The SMILES string of the molecule is NC(=O)C1CCC2=C3C=CC=CC3CCNC2C1. The molecule has 0 radical (unpaired) electrons. The van der Waals surface area contributed by atoms with Crippen LogP contribution in [0.25, 0.3) is 0 Å². The van der Waals surface area contributed by atoms with Crippen LogP contribution in [0.2, 0.25) is 0 Å². The molecule has 0 saturated heterocycles. The fourth-order valence-corrected chi connectivity index (χ4v) is 3.45. The molecule has 0 aromatic carbocycles. The minimum atomic E-state index is -0.138. The third-order valence-corrected chi connectivity index (χ3v) is 4.45. The molecule has 3 atom stereocenters. The standard InChI is InChI=1S/C15H20N2O/c16-15(18)11-5-6-13-12-4-2-1-3-10(12)7-8-17-14(13)9-11/h1-4,10-11,14,17H,5-9H2,(H2,16,18). The number of nitrogens with one attached hydrogen (secondary N) is 1. The average molecular weight is 244 g/mol. The molecule has 1 fully saturated rings. The lowest BCUT2D eigenvalue weighted by Gasteiger charge is -2.31. The van der Waals surface area contributed by atoms with Crippen molar-refractivity contribution < 1.29 is 4.79 Å². The Morgan fingerprint density at radius 3 is 3.06 bits per heavy atom. The quantitative estimate of drug-likeness (QED) is 0.737. The maximum Gasteiger partial charge on any atom is 0.220 e. The zero-order valence-electron chi connectivity index (χ0n) is 10.6. The van der Waals surface area contributed by atoms with Crippen LogP contribution in [-0.4, -0.2) is 18.5 Å². The molecule has 0 aromatic heterocycles. The van der Waals surface area contributed by atoms with Gasteiger partial charge in [-0.2, -0.15) is 0 Å². The van der Waals surface area contributed by atoms with Crippen molar-refractivity contribution >= 4 is 5.91 Å². The van der Waals surface area contributed by atoms with E-state index in [9.17, 15) is 4.79 Å². The predicted molar refractivity (Wildman–Crippen MR) is 71.7 cm³/mol. The fourth-order valence-electron chi connectivity index (χ4n) is 3.45. The molecule has 3 rings (SSSR count). The molecule has 0 spiro atoms. The molecule has 3 heteroatoms. The molecule has 3 N–H and O–H groups in total. The van der Waals surface area contributed by atoms with Gasteiger partial charge in [-0.3, -0.25) is 4.79 Å². The number of amides is 1. The van der Waals surface area contributed by atoms with Gasteiger partial charge in [0, 0.05) is 17.9 Å². The third-order valence-electron chi connectivity index (χ3n) is 4.45. The molecule has 1 amide bonds. The Hall–Kier alpha value is -1.35. The average Bonchev–Trinajstić information content (AvgIpc) is 2.57. The summed E-state index contributed by atoms with van der Waals surface area (Å²) >= 11 is 0. The third kappa shape index (κ3) is 2.03. The molecule has 0 bridgehead atoms. The molecular formula is C15H20N2O. The van der Waals surface area contributed by atoms with E-state index >= 15 is 0 Å². The summed E-state index contributed by atoms with van der Waals surface area (Å²) in [5.74, 6) is 0.472. The summed E-state index contributed by atoms with van der Waals surface area (Å²) in [6.45, 7) is 1.02. The highest BCUT2D eigenvalue weighted by Crippen LogP contribution is 2.37. The van der Waals surface area contributed by atoms with Crippen LogP contribution in [-0.2, 0) is 4.79 Å². The minimum absolute atomic E-state index is 0.0477. The number of hydrogen-bond donors (Lipinski definition) is 2. The monoisotopic (exact) mass is 244 g/mol. The summed E-state index contributed by atoms with van der Waals surface area (Å²) in [5.41, 5.74) is 8.44. The lowest BCUT2D eigenvalue weighted by atomic mass is 9.77. The number of primary amides is 1. The van der Waals surface area contributed by atoms with Gasteiger partial charge < -0.3 is 11.1 Å². The predicted octanol–water partition coefficient (Wildman–Crippen LogP) is 1.67. The number of fused-ring (bicyclic) bond motifs is 2. The Morgan fingerprint density at radius 2 is 2.22 bits per heavy atom. The van der Waals surface area contributed by atoms with Gasteiger partial charge >= 0.3 is 0 Å². The van der Waals surface area contributed by atoms with Crippen molar-refractivity contribution in [1.82, 2.24) is 5.32 Å². The van der Waals surface area contributed by atoms with Crippen molar-refractivity contribution in [2.24, 2.45) is 17.6 Å². The van der Waals surface area contributed by atoms with Gasteiger partial charge in [0.05, 0.1) is 0 Å². The highest BCUT2D eigenvalue weighted by Gasteiger charge is 2.33. The van der Waals surface area contributed by atoms with Gasteiger partial charge in [0.25, 0.3) is 0 Å². The number of carbonyl (C=O) groups is 1. The second-order valence-electron chi connectivity index (χ2n) is 5.50. The number of carbonyl (C=O) groups excluding carboxylic acids is 1. The maximum absolute atomic E-state index is 11.4.